The first-order valence-corrected chi connectivity index (χ1v) is 7.28. The van der Waals surface area contributed by atoms with E-state index in [-0.39, 0.29) is 12.5 Å². The Bertz CT molecular complexity index is 562. The summed E-state index contributed by atoms with van der Waals surface area (Å²) < 4.78 is 5.37. The Kier molecular flexibility index (Phi) is 5.32. The fourth-order valence-corrected chi connectivity index (χ4v) is 2.14. The molecule has 0 bridgehead atoms. The van der Waals surface area contributed by atoms with Crippen LogP contribution >= 0.6 is 11.3 Å². The third-order valence-corrected chi connectivity index (χ3v) is 3.35. The van der Waals surface area contributed by atoms with Crippen molar-refractivity contribution in [1.29, 1.82) is 0 Å². The van der Waals surface area contributed by atoms with Crippen molar-refractivity contribution in [2.24, 2.45) is 5.10 Å². The molecule has 104 valence electrons. The number of ether oxygens (including phenoxy) is 1. The number of nitrogens with zero attached hydrogens (tertiary/aromatic N) is 1. The Hall–Kier alpha value is -2.14. The van der Waals surface area contributed by atoms with E-state index in [2.05, 4.69) is 17.5 Å². The summed E-state index contributed by atoms with van der Waals surface area (Å²) in [6.07, 6.45) is 2.59. The van der Waals surface area contributed by atoms with Gasteiger partial charge in [-0.2, -0.15) is 16.4 Å². The van der Waals surface area contributed by atoms with Gasteiger partial charge < -0.3 is 4.74 Å². The highest BCUT2D eigenvalue weighted by atomic mass is 32.1. The zero-order valence-electron chi connectivity index (χ0n) is 11.2. The van der Waals surface area contributed by atoms with Gasteiger partial charge in [-0.1, -0.05) is 19.1 Å². The number of nitrogens with one attached hydrogen (secondary N) is 1. The van der Waals surface area contributed by atoms with Crippen molar-refractivity contribution >= 4 is 23.5 Å². The summed E-state index contributed by atoms with van der Waals surface area (Å²) in [6.45, 7) is 2.04. The molecule has 0 spiro atoms. The van der Waals surface area contributed by atoms with Crippen LogP contribution in [0.2, 0.25) is 0 Å². The minimum absolute atomic E-state index is 0.0492. The summed E-state index contributed by atoms with van der Waals surface area (Å²) in [7, 11) is 0. The highest BCUT2D eigenvalue weighted by Crippen LogP contribution is 2.12. The van der Waals surface area contributed by atoms with Crippen LogP contribution in [0, 0.1) is 0 Å². The highest BCUT2D eigenvalue weighted by molar-refractivity contribution is 7.08. The lowest BCUT2D eigenvalue weighted by Gasteiger charge is -2.05. The van der Waals surface area contributed by atoms with E-state index in [4.69, 9.17) is 4.74 Å². The van der Waals surface area contributed by atoms with Crippen LogP contribution in [0.15, 0.2) is 46.2 Å². The lowest BCUT2D eigenvalue weighted by Crippen LogP contribution is -2.24. The number of hydrogen-bond donors (Lipinski definition) is 1. The summed E-state index contributed by atoms with van der Waals surface area (Å²) in [5.41, 5.74) is 4.63. The van der Waals surface area contributed by atoms with Gasteiger partial charge in [0, 0.05) is 5.56 Å². The number of amides is 1. The molecule has 2 aromatic rings. The minimum Gasteiger partial charge on any atom is -0.484 e. The molecule has 0 saturated heterocycles. The second kappa shape index (κ2) is 7.45. The third kappa shape index (κ3) is 4.51. The third-order valence-electron chi connectivity index (χ3n) is 2.65. The van der Waals surface area contributed by atoms with Crippen LogP contribution in [0.25, 0.3) is 0 Å². The Morgan fingerprint density at radius 1 is 1.35 bits per heavy atom. The van der Waals surface area contributed by atoms with Crippen molar-refractivity contribution in [1.82, 2.24) is 5.43 Å². The first-order valence-electron chi connectivity index (χ1n) is 6.34. The Morgan fingerprint density at radius 3 is 2.80 bits per heavy atom. The fraction of sp³-hybridized carbons (Fsp3) is 0.200. The molecule has 2 rings (SSSR count). The second-order valence-electron chi connectivity index (χ2n) is 4.14. The molecule has 5 heteroatoms. The molecule has 0 aliphatic rings. The maximum Gasteiger partial charge on any atom is 0.277 e. The van der Waals surface area contributed by atoms with E-state index in [1.165, 1.54) is 5.56 Å². The van der Waals surface area contributed by atoms with Gasteiger partial charge >= 0.3 is 0 Å². The topological polar surface area (TPSA) is 50.7 Å². The van der Waals surface area contributed by atoms with E-state index in [1.54, 1.807) is 17.6 Å². The molecule has 0 fully saturated rings. The number of benzene rings is 1. The summed E-state index contributed by atoms with van der Waals surface area (Å²) in [6, 6.07) is 9.62. The normalized spacial score (nSPS) is 10.7. The average Bonchev–Trinajstić information content (AvgIpc) is 2.99. The maximum absolute atomic E-state index is 11.5. The lowest BCUT2D eigenvalue weighted by atomic mass is 10.2. The zero-order chi connectivity index (χ0) is 14.2. The van der Waals surface area contributed by atoms with E-state index in [0.717, 1.165) is 12.0 Å². The molecular weight excluding hydrogens is 272 g/mol. The fourth-order valence-electron chi connectivity index (χ4n) is 1.53. The minimum atomic E-state index is -0.281. The van der Waals surface area contributed by atoms with Crippen molar-refractivity contribution in [3.63, 3.8) is 0 Å². The van der Waals surface area contributed by atoms with Crippen LogP contribution in [-0.4, -0.2) is 18.7 Å². The predicted octanol–water partition coefficient (Wildman–Crippen LogP) is 2.84. The molecule has 0 unspecified atom stereocenters. The monoisotopic (exact) mass is 288 g/mol. The van der Waals surface area contributed by atoms with Gasteiger partial charge in [0.25, 0.3) is 5.91 Å². The molecule has 4 nitrogen and oxygen atoms in total. The number of carbonyl (C=O) groups is 1. The summed E-state index contributed by atoms with van der Waals surface area (Å²) in [4.78, 5) is 11.5. The average molecular weight is 288 g/mol. The molecule has 0 aliphatic carbocycles. The second-order valence-corrected chi connectivity index (χ2v) is 4.92. The van der Waals surface area contributed by atoms with E-state index in [9.17, 15) is 4.79 Å². The van der Waals surface area contributed by atoms with Crippen molar-refractivity contribution in [3.05, 3.63) is 52.2 Å². The molecule has 1 aromatic heterocycles. The van der Waals surface area contributed by atoms with Crippen LogP contribution in [0.3, 0.4) is 0 Å². The summed E-state index contributed by atoms with van der Waals surface area (Å²) in [5.74, 6) is 0.398. The van der Waals surface area contributed by atoms with Crippen molar-refractivity contribution in [3.8, 4) is 5.75 Å². The zero-order valence-corrected chi connectivity index (χ0v) is 12.0. The molecular formula is C15H16N2O2S. The van der Waals surface area contributed by atoms with Gasteiger partial charge in [-0.15, -0.1) is 0 Å². The van der Waals surface area contributed by atoms with Crippen molar-refractivity contribution in [2.45, 2.75) is 13.3 Å². The summed E-state index contributed by atoms with van der Waals surface area (Å²) in [5, 5.41) is 7.75. The van der Waals surface area contributed by atoms with E-state index >= 15 is 0 Å². The van der Waals surface area contributed by atoms with Gasteiger partial charge in [0.05, 0.1) is 6.21 Å². The summed E-state index contributed by atoms with van der Waals surface area (Å²) >= 11 is 1.58. The number of hydrazone groups is 1. The first-order chi connectivity index (χ1) is 9.78. The quantitative estimate of drug-likeness (QED) is 0.656. The number of thiophene rings is 1. The van der Waals surface area contributed by atoms with Gasteiger partial charge in [0.15, 0.2) is 6.61 Å². The van der Waals surface area contributed by atoms with Gasteiger partial charge in [-0.05, 0) is 40.9 Å². The number of aryl methyl sites for hydroxylation is 1. The van der Waals surface area contributed by atoms with Gasteiger partial charge in [0.1, 0.15) is 5.75 Å². The van der Waals surface area contributed by atoms with Crippen LogP contribution in [-0.2, 0) is 11.2 Å². The van der Waals surface area contributed by atoms with Gasteiger partial charge in [-0.25, -0.2) is 5.43 Å². The molecule has 1 aromatic carbocycles. The highest BCUT2D eigenvalue weighted by Gasteiger charge is 2.01. The Labute approximate surface area is 122 Å². The van der Waals surface area contributed by atoms with Crippen LogP contribution in [0.1, 0.15) is 18.1 Å². The van der Waals surface area contributed by atoms with Crippen LogP contribution in [0.4, 0.5) is 0 Å². The number of hydrogen-bond acceptors (Lipinski definition) is 4. The molecule has 0 atom stereocenters. The van der Waals surface area contributed by atoms with E-state index in [1.807, 2.05) is 41.1 Å². The molecule has 1 N–H and O–H groups in total. The molecule has 1 amide bonds. The number of carbonyl (C=O) groups excluding carboxylic acids is 1. The largest absolute Gasteiger partial charge is 0.484 e. The molecule has 0 radical (unpaired) electrons. The van der Waals surface area contributed by atoms with Gasteiger partial charge in [0.2, 0.25) is 0 Å². The molecule has 20 heavy (non-hydrogen) atoms. The first kappa shape index (κ1) is 14.3. The smallest absolute Gasteiger partial charge is 0.277 e. The molecule has 0 aliphatic heterocycles. The van der Waals surface area contributed by atoms with Crippen molar-refractivity contribution in [2.75, 3.05) is 6.61 Å². The van der Waals surface area contributed by atoms with Crippen molar-refractivity contribution < 1.29 is 9.53 Å². The Balaban J connectivity index is 1.74. The lowest BCUT2D eigenvalue weighted by molar-refractivity contribution is -0.123. The van der Waals surface area contributed by atoms with E-state index < -0.39 is 0 Å². The van der Waals surface area contributed by atoms with E-state index in [0.29, 0.717) is 5.75 Å². The van der Waals surface area contributed by atoms with Crippen LogP contribution < -0.4 is 10.2 Å². The SMILES string of the molecule is CCc1ccc(OCC(=O)NN=Cc2ccsc2)cc1. The Morgan fingerprint density at radius 2 is 2.15 bits per heavy atom. The molecule has 1 heterocycles. The predicted molar refractivity (Wildman–Crippen MR) is 81.4 cm³/mol. The maximum atomic E-state index is 11.5. The van der Waals surface area contributed by atoms with Gasteiger partial charge in [-0.3, -0.25) is 4.79 Å². The number of rotatable bonds is 6. The standard InChI is InChI=1S/C15H16N2O2S/c1-2-12-3-5-14(6-4-12)19-10-15(18)17-16-9-13-7-8-20-11-13/h3-9,11H,2,10H2,1H3,(H,17,18). The van der Waals surface area contributed by atoms with Crippen LogP contribution in [0.5, 0.6) is 5.75 Å². The molecule has 0 saturated carbocycles.